The highest BCUT2D eigenvalue weighted by atomic mass is 35.5. The number of ether oxygens (including phenoxy) is 1. The molecule has 1 saturated heterocycles. The maximum absolute atomic E-state index is 12.4. The van der Waals surface area contributed by atoms with Gasteiger partial charge in [0.1, 0.15) is 0 Å². The van der Waals surface area contributed by atoms with E-state index in [0.717, 1.165) is 32.4 Å². The fourth-order valence-corrected chi connectivity index (χ4v) is 3.20. The lowest BCUT2D eigenvalue weighted by Gasteiger charge is -2.28. The normalized spacial score (nSPS) is 23.1. The molecule has 2 N–H and O–H groups in total. The van der Waals surface area contributed by atoms with E-state index in [1.807, 2.05) is 13.8 Å². The number of nitrogens with one attached hydrogen (secondary N) is 2. The van der Waals surface area contributed by atoms with Crippen LogP contribution in [0.3, 0.4) is 0 Å². The lowest BCUT2D eigenvalue weighted by atomic mass is 9.91. The minimum atomic E-state index is -0.359. The van der Waals surface area contributed by atoms with Crippen LogP contribution in [0.2, 0.25) is 0 Å². The molecule has 1 aliphatic carbocycles. The summed E-state index contributed by atoms with van der Waals surface area (Å²) < 4.78 is 4.64. The molecule has 1 heterocycles. The number of esters is 1. The summed E-state index contributed by atoms with van der Waals surface area (Å²) in [5.41, 5.74) is -0.101. The van der Waals surface area contributed by atoms with Crippen LogP contribution < -0.4 is 10.6 Å². The van der Waals surface area contributed by atoms with Gasteiger partial charge in [-0.15, -0.1) is 12.4 Å². The summed E-state index contributed by atoms with van der Waals surface area (Å²) in [5, 5.41) is 6.45. The molecule has 0 aromatic carbocycles. The zero-order valence-electron chi connectivity index (χ0n) is 13.2. The highest BCUT2D eigenvalue weighted by molar-refractivity contribution is 5.85. The van der Waals surface area contributed by atoms with E-state index in [2.05, 4.69) is 15.4 Å². The van der Waals surface area contributed by atoms with Gasteiger partial charge in [0.25, 0.3) is 0 Å². The van der Waals surface area contributed by atoms with Gasteiger partial charge in [-0.05, 0) is 58.0 Å². The van der Waals surface area contributed by atoms with Gasteiger partial charge in [0.15, 0.2) is 0 Å². The van der Waals surface area contributed by atoms with Crippen LogP contribution in [0, 0.1) is 11.3 Å². The van der Waals surface area contributed by atoms with Gasteiger partial charge in [0.05, 0.1) is 7.11 Å². The Hall–Kier alpha value is -0.810. The van der Waals surface area contributed by atoms with Crippen molar-refractivity contribution in [2.45, 2.75) is 51.5 Å². The van der Waals surface area contributed by atoms with Gasteiger partial charge in [-0.1, -0.05) is 0 Å². The molecular formula is C15H27ClN2O3. The van der Waals surface area contributed by atoms with Gasteiger partial charge >= 0.3 is 5.97 Å². The van der Waals surface area contributed by atoms with Crippen LogP contribution in [0.4, 0.5) is 0 Å². The maximum atomic E-state index is 12.4. The highest BCUT2D eigenvalue weighted by Crippen LogP contribution is 2.58. The summed E-state index contributed by atoms with van der Waals surface area (Å²) in [6.07, 6.45) is 4.17. The summed E-state index contributed by atoms with van der Waals surface area (Å²) in [6.45, 7) is 5.97. The number of methoxy groups -OCH3 is 1. The molecule has 0 bridgehead atoms. The topological polar surface area (TPSA) is 67.4 Å². The van der Waals surface area contributed by atoms with Crippen LogP contribution in [-0.4, -0.2) is 37.6 Å². The van der Waals surface area contributed by atoms with Crippen molar-refractivity contribution in [3.63, 3.8) is 0 Å². The van der Waals surface area contributed by atoms with Crippen LogP contribution in [-0.2, 0) is 14.3 Å². The third-order valence-corrected chi connectivity index (χ3v) is 4.75. The number of hydrogen-bond acceptors (Lipinski definition) is 4. The smallest absolute Gasteiger partial charge is 0.305 e. The molecule has 21 heavy (non-hydrogen) atoms. The molecular weight excluding hydrogens is 292 g/mol. The SMILES string of the molecule is COC(=O)CCC(C)(C)NC(=O)C1CC12CCNCC2.Cl. The number of carbonyl (C=O) groups excluding carboxylic acids is 2. The van der Waals surface area contributed by atoms with Crippen molar-refractivity contribution in [3.8, 4) is 0 Å². The molecule has 0 radical (unpaired) electrons. The van der Waals surface area contributed by atoms with Crippen molar-refractivity contribution in [1.82, 2.24) is 10.6 Å². The summed E-state index contributed by atoms with van der Waals surface area (Å²) in [7, 11) is 1.39. The molecule has 2 rings (SSSR count). The summed E-state index contributed by atoms with van der Waals surface area (Å²) in [4.78, 5) is 23.6. The van der Waals surface area contributed by atoms with E-state index >= 15 is 0 Å². The minimum Gasteiger partial charge on any atom is -0.469 e. The summed E-state index contributed by atoms with van der Waals surface area (Å²) in [5.74, 6) is 0.0948. The fourth-order valence-electron chi connectivity index (χ4n) is 3.20. The summed E-state index contributed by atoms with van der Waals surface area (Å²) in [6, 6.07) is 0. The van der Waals surface area contributed by atoms with Crippen LogP contribution in [0.15, 0.2) is 0 Å². The molecule has 6 heteroatoms. The summed E-state index contributed by atoms with van der Waals surface area (Å²) >= 11 is 0. The van der Waals surface area contributed by atoms with Crippen LogP contribution in [0.1, 0.15) is 46.0 Å². The Balaban J connectivity index is 0.00000220. The molecule has 1 spiro atoms. The first-order valence-electron chi connectivity index (χ1n) is 7.48. The van der Waals surface area contributed by atoms with E-state index in [0.29, 0.717) is 12.8 Å². The van der Waals surface area contributed by atoms with E-state index in [1.54, 1.807) is 0 Å². The quantitative estimate of drug-likeness (QED) is 0.756. The molecule has 1 unspecified atom stereocenters. The molecule has 1 saturated carbocycles. The lowest BCUT2D eigenvalue weighted by Crippen LogP contribution is -2.45. The molecule has 1 atom stereocenters. The number of rotatable bonds is 5. The van der Waals surface area contributed by atoms with Crippen molar-refractivity contribution < 1.29 is 14.3 Å². The van der Waals surface area contributed by atoms with Gasteiger partial charge in [0.2, 0.25) is 5.91 Å². The number of piperidine rings is 1. The van der Waals surface area contributed by atoms with Crippen LogP contribution in [0.5, 0.6) is 0 Å². The first-order chi connectivity index (χ1) is 9.38. The minimum absolute atomic E-state index is 0. The monoisotopic (exact) mass is 318 g/mol. The van der Waals surface area contributed by atoms with Crippen LogP contribution in [0.25, 0.3) is 0 Å². The fraction of sp³-hybridized carbons (Fsp3) is 0.867. The van der Waals surface area contributed by atoms with Gasteiger partial charge in [-0.25, -0.2) is 0 Å². The molecule has 0 aromatic rings. The van der Waals surface area contributed by atoms with E-state index in [-0.39, 0.29) is 41.2 Å². The molecule has 0 aromatic heterocycles. The zero-order valence-corrected chi connectivity index (χ0v) is 14.0. The second kappa shape index (κ2) is 6.97. The van der Waals surface area contributed by atoms with Gasteiger partial charge in [0, 0.05) is 17.9 Å². The van der Waals surface area contributed by atoms with E-state index in [1.165, 1.54) is 7.11 Å². The van der Waals surface area contributed by atoms with E-state index in [4.69, 9.17) is 0 Å². The second-order valence-corrected chi connectivity index (χ2v) is 6.82. The third kappa shape index (κ3) is 4.58. The average Bonchev–Trinajstić information content (AvgIpc) is 3.10. The highest BCUT2D eigenvalue weighted by Gasteiger charge is 2.57. The first-order valence-corrected chi connectivity index (χ1v) is 7.48. The maximum Gasteiger partial charge on any atom is 0.305 e. The molecule has 5 nitrogen and oxygen atoms in total. The van der Waals surface area contributed by atoms with Crippen molar-refractivity contribution in [2.24, 2.45) is 11.3 Å². The van der Waals surface area contributed by atoms with E-state index < -0.39 is 0 Å². The predicted octanol–water partition coefficient (Wildman–Crippen LogP) is 1.65. The van der Waals surface area contributed by atoms with Crippen molar-refractivity contribution >= 4 is 24.3 Å². The zero-order chi connectivity index (χ0) is 14.8. The Morgan fingerprint density at radius 2 is 1.95 bits per heavy atom. The Morgan fingerprint density at radius 1 is 1.33 bits per heavy atom. The third-order valence-electron chi connectivity index (χ3n) is 4.75. The molecule has 2 aliphatic rings. The Labute approximate surface area is 133 Å². The van der Waals surface area contributed by atoms with Gasteiger partial charge < -0.3 is 15.4 Å². The van der Waals surface area contributed by atoms with E-state index in [9.17, 15) is 9.59 Å². The van der Waals surface area contributed by atoms with Gasteiger partial charge in [-0.3, -0.25) is 9.59 Å². The molecule has 2 fully saturated rings. The Kier molecular flexibility index (Phi) is 6.05. The predicted molar refractivity (Wildman–Crippen MR) is 83.4 cm³/mol. The molecule has 122 valence electrons. The Bertz CT molecular complexity index is 392. The largest absolute Gasteiger partial charge is 0.469 e. The molecule has 1 amide bonds. The van der Waals surface area contributed by atoms with Gasteiger partial charge in [-0.2, -0.15) is 0 Å². The van der Waals surface area contributed by atoms with Crippen molar-refractivity contribution in [2.75, 3.05) is 20.2 Å². The molecule has 1 aliphatic heterocycles. The number of hydrogen-bond donors (Lipinski definition) is 2. The van der Waals surface area contributed by atoms with Crippen LogP contribution >= 0.6 is 12.4 Å². The number of carbonyl (C=O) groups is 2. The first kappa shape index (κ1) is 18.2. The Morgan fingerprint density at radius 3 is 2.52 bits per heavy atom. The van der Waals surface area contributed by atoms with Crippen molar-refractivity contribution in [1.29, 1.82) is 0 Å². The number of halogens is 1. The lowest BCUT2D eigenvalue weighted by molar-refractivity contribution is -0.141. The van der Waals surface area contributed by atoms with Crippen molar-refractivity contribution in [3.05, 3.63) is 0 Å². The standard InChI is InChI=1S/C15H26N2O3.ClH/c1-14(2,5-4-12(18)20-3)17-13(19)11-10-15(11)6-8-16-9-7-15;/h11,16H,4-10H2,1-3H3,(H,17,19);1H. The number of amides is 1. The average molecular weight is 319 g/mol. The second-order valence-electron chi connectivity index (χ2n) is 6.82.